The van der Waals surface area contributed by atoms with Gasteiger partial charge in [0.2, 0.25) is 0 Å². The number of benzene rings is 19. The summed E-state index contributed by atoms with van der Waals surface area (Å²) in [5.74, 6) is -0.766. The first-order valence-corrected chi connectivity index (χ1v) is 57.4. The largest absolute Gasteiger partial charge is 0.356 e. The van der Waals surface area contributed by atoms with E-state index in [-0.39, 0.29) is 25.9 Å². The van der Waals surface area contributed by atoms with Gasteiger partial charge in [-0.2, -0.15) is 0 Å². The van der Waals surface area contributed by atoms with Crippen LogP contribution in [0.1, 0.15) is 44.5 Å². The molecule has 133 heavy (non-hydrogen) atoms. The summed E-state index contributed by atoms with van der Waals surface area (Å²) >= 11 is 8.06. The van der Waals surface area contributed by atoms with Crippen molar-refractivity contribution < 1.29 is 13.2 Å². The summed E-state index contributed by atoms with van der Waals surface area (Å²) in [6.07, 6.45) is 0. The Morgan fingerprint density at radius 1 is 0.263 bits per heavy atom. The smallest absolute Gasteiger partial charge is 0.123 e. The van der Waals surface area contributed by atoms with Crippen LogP contribution in [0.15, 0.2) is 397 Å². The highest BCUT2D eigenvalue weighted by atomic mass is 79.9. The number of anilines is 8. The lowest BCUT2D eigenvalue weighted by atomic mass is 9.65. The van der Waals surface area contributed by atoms with Crippen molar-refractivity contribution in [1.82, 2.24) is 9.13 Å². The molecule has 19 aromatic carbocycles. The fourth-order valence-corrected chi connectivity index (χ4v) is 26.7. The zero-order valence-corrected chi connectivity index (χ0v) is 81.4. The summed E-state index contributed by atoms with van der Waals surface area (Å²) in [4.78, 5) is 4.60. The zero-order chi connectivity index (χ0) is 90.2. The molecule has 1 N–H and O–H groups in total. The van der Waals surface area contributed by atoms with Crippen LogP contribution in [0.4, 0.5) is 58.7 Å². The van der Waals surface area contributed by atoms with Crippen LogP contribution in [0.2, 0.25) is 58.9 Å². The van der Waals surface area contributed by atoms with Crippen LogP contribution in [0, 0.1) is 17.5 Å². The van der Waals surface area contributed by atoms with E-state index in [4.69, 9.17) is 0 Å². The molecule has 643 valence electrons. The summed E-state index contributed by atoms with van der Waals surface area (Å²) in [5, 5.41) is 19.7. The van der Waals surface area contributed by atoms with Crippen molar-refractivity contribution in [1.29, 1.82) is 0 Å². The average molecular weight is 1900 g/mol. The molecule has 0 saturated heterocycles. The maximum atomic E-state index is 15.0. The van der Waals surface area contributed by atoms with Gasteiger partial charge in [0.15, 0.2) is 0 Å². The van der Waals surface area contributed by atoms with Crippen LogP contribution < -0.4 is 30.7 Å². The van der Waals surface area contributed by atoms with Gasteiger partial charge in [-0.25, -0.2) is 13.2 Å². The maximum Gasteiger partial charge on any atom is 0.123 e. The van der Waals surface area contributed by atoms with Crippen LogP contribution in [-0.4, -0.2) is 41.8 Å². The minimum atomic E-state index is -1.63. The molecule has 2 aromatic heterocycles. The summed E-state index contributed by atoms with van der Waals surface area (Å²) in [7, 11) is -4.48. The number of nitrogens with one attached hydrogen (secondary N) is 1. The molecule has 0 amide bonds. The van der Waals surface area contributed by atoms with Crippen molar-refractivity contribution >= 4 is 201 Å². The Bertz CT molecular complexity index is 8220. The molecule has 0 fully saturated rings. The molecule has 2 aliphatic heterocycles. The van der Waals surface area contributed by atoms with Crippen molar-refractivity contribution in [3.63, 3.8) is 0 Å². The first-order valence-electron chi connectivity index (χ1n) is 45.3. The van der Waals surface area contributed by atoms with Gasteiger partial charge in [0, 0.05) is 84.1 Å². The second-order valence-corrected chi connectivity index (χ2v) is 55.5. The lowest BCUT2D eigenvalue weighted by molar-refractivity contribution is 0.627. The van der Waals surface area contributed by atoms with Gasteiger partial charge < -0.3 is 24.3 Å². The zero-order valence-electron chi connectivity index (χ0n) is 75.2. The third-order valence-corrected chi connectivity index (χ3v) is 35.5. The number of rotatable bonds is 11. The highest BCUT2D eigenvalue weighted by Gasteiger charge is 2.55. The number of aromatic nitrogens is 2. The average Bonchev–Trinajstić information content (AvgIpc) is 1.57. The van der Waals surface area contributed by atoms with Gasteiger partial charge in [-0.15, -0.1) is 0 Å². The first kappa shape index (κ1) is 84.9. The highest BCUT2D eigenvalue weighted by molar-refractivity contribution is 9.11. The van der Waals surface area contributed by atoms with Crippen LogP contribution in [-0.2, 0) is 10.8 Å². The van der Waals surface area contributed by atoms with E-state index in [1.165, 1.54) is 160 Å². The Hall–Kier alpha value is -13.6. The van der Waals surface area contributed by atoms with Crippen LogP contribution in [0.3, 0.4) is 0 Å². The van der Waals surface area contributed by atoms with E-state index < -0.39 is 35.1 Å². The van der Waals surface area contributed by atoms with E-state index in [9.17, 15) is 13.2 Å². The van der Waals surface area contributed by atoms with Gasteiger partial charge in [0.25, 0.3) is 0 Å². The minimum Gasteiger partial charge on any atom is -0.356 e. The molecule has 0 saturated carbocycles. The van der Waals surface area contributed by atoms with E-state index in [2.05, 4.69) is 430 Å². The van der Waals surface area contributed by atoms with Crippen molar-refractivity contribution in [3.05, 3.63) is 459 Å². The molecule has 1 atom stereocenters. The number of nitrogens with zero attached hydrogens (tertiary/aromatic N) is 4. The number of hydrogen-bond donors (Lipinski definition) is 1. The number of para-hydroxylation sites is 6. The van der Waals surface area contributed by atoms with E-state index in [0.29, 0.717) is 0 Å². The molecule has 4 aliphatic rings. The molecular weight excluding hydrogens is 1810 g/mol. The molecule has 0 bridgehead atoms. The van der Waals surface area contributed by atoms with Crippen molar-refractivity contribution in [2.45, 2.75) is 69.8 Å². The third kappa shape index (κ3) is 13.4. The summed E-state index contributed by atoms with van der Waals surface area (Å²) in [5.41, 5.74) is 28.7. The lowest BCUT2D eigenvalue weighted by Gasteiger charge is -2.40. The molecule has 25 rings (SSSR count). The summed E-state index contributed by atoms with van der Waals surface area (Å²) < 4.78 is 49.8. The summed E-state index contributed by atoms with van der Waals surface area (Å²) in [6, 6.07) is 137. The molecule has 5 nitrogen and oxygen atoms in total. The lowest BCUT2D eigenvalue weighted by Crippen LogP contribution is -2.37. The van der Waals surface area contributed by atoms with E-state index in [0.717, 1.165) is 76.5 Å². The van der Waals surface area contributed by atoms with Crippen LogP contribution in [0.25, 0.3) is 110 Å². The van der Waals surface area contributed by atoms with Crippen LogP contribution in [0.5, 0.6) is 0 Å². The van der Waals surface area contributed by atoms with E-state index in [1.807, 2.05) is 24.3 Å². The van der Waals surface area contributed by atoms with Crippen molar-refractivity contribution in [2.75, 3.05) is 15.1 Å². The second kappa shape index (κ2) is 32.1. The van der Waals surface area contributed by atoms with Crippen LogP contribution >= 0.6 is 31.9 Å². The van der Waals surface area contributed by atoms with Gasteiger partial charge in [-0.3, -0.25) is 0 Å². The number of fused-ring (bicyclic) bond motifs is 30. The standard InChI is InChI=1S/C65H53F2N3Si2.C39H21Br2N.C15H18FNSi.B/c1-71(2,3)49-35-30-45(31-36-49)68(44-26-22-42(66)23-27-44)48-34-39-55-58(40-48)65(56-18-10-12-21-61(56)70-60-20-11-9-15-52(60)54-17-13-19-57(65)64(54)70)59-41-62(51-14-7-8-16-53(51)63(55)59)69(46-28-24-43(67)25-29-46)47-32-37-50(38-33-47)72(4,5)6;40-32-20-30-36(25-13-3-1-10-22(25)32)37-26-14-4-2-11-23(26)33(41)21-31(37)39(30)28-16-6-8-19-35(28)42-34-18-7-5-12-24(34)27-15-9-17-29(39)38(27)42;1-18(2,3)15-10-8-14(9-11-15)17-13-6-4-12(16)5-7-13;/h7-41H,1-6H3;1-21H;4-11,17H,1-3H3;. The normalized spacial score (nSPS) is 14.0. The Balaban J connectivity index is 0.000000141. The fraction of sp³-hybridized carbons (Fsp3) is 0.0924. The summed E-state index contributed by atoms with van der Waals surface area (Å²) in [6.45, 7) is 21.2. The first-order chi connectivity index (χ1) is 63.9. The predicted octanol–water partition coefficient (Wildman–Crippen LogP) is 31.9. The van der Waals surface area contributed by atoms with Crippen molar-refractivity contribution in [2.24, 2.45) is 0 Å². The molecule has 3 radical (unpaired) electrons. The van der Waals surface area contributed by atoms with Gasteiger partial charge in [0.1, 0.15) is 17.5 Å². The number of halogens is 5. The molecular formula is C119H92BBr2F3N5Si3. The third-order valence-electron chi connectivity index (χ3n) is 28.0. The SMILES string of the molecule is Brc1cc2c(c3ccccc13)-c1c(cc(Br)c3ccccc13)C21c2ccccc2-n2c3ccccc3c3cccc1c32.C[Si](C)(C)c1ccc(N(c2ccc(F)cc2)c2ccc3c(c2)C2(c4ccccc4-n4c5ccccc5c5cccc2c54)c2cc(N(c4ccc(F)cc4)c4ccc([Si](C)(C)C)cc4)c4ccccc4c2-3)cc1.C[Si](C)(C)c1ccc(Nc2ccc(F)cc2)cc1.[B]. The topological polar surface area (TPSA) is 28.4 Å². The Morgan fingerprint density at radius 3 is 1.02 bits per heavy atom. The van der Waals surface area contributed by atoms with E-state index >= 15 is 0 Å². The molecule has 4 heterocycles. The molecule has 1 unspecified atom stereocenters. The Kier molecular flexibility index (Phi) is 20.5. The van der Waals surface area contributed by atoms with Gasteiger partial charge >= 0.3 is 0 Å². The highest BCUT2D eigenvalue weighted by Crippen LogP contribution is 2.67. The monoisotopic (exact) mass is 1900 g/mol. The Morgan fingerprint density at radius 2 is 0.579 bits per heavy atom. The molecule has 14 heteroatoms. The van der Waals surface area contributed by atoms with E-state index in [1.54, 1.807) is 36.4 Å². The van der Waals surface area contributed by atoms with Gasteiger partial charge in [0.05, 0.1) is 74.2 Å². The molecule has 2 aliphatic carbocycles. The van der Waals surface area contributed by atoms with Crippen molar-refractivity contribution in [3.8, 4) is 33.6 Å². The second-order valence-electron chi connectivity index (χ2n) is 38.6. The molecule has 21 aromatic rings. The Labute approximate surface area is 795 Å². The van der Waals surface area contributed by atoms with Gasteiger partial charge in [-0.05, 0) is 257 Å². The maximum absolute atomic E-state index is 15.0. The quantitative estimate of drug-likeness (QED) is 0.131. The number of hydrogen-bond acceptors (Lipinski definition) is 3. The molecule has 2 spiro atoms. The fourth-order valence-electron chi connectivity index (χ4n) is 22.0. The minimum absolute atomic E-state index is 0. The predicted molar refractivity (Wildman–Crippen MR) is 571 cm³/mol. The van der Waals surface area contributed by atoms with Gasteiger partial charge in [-0.1, -0.05) is 331 Å².